The van der Waals surface area contributed by atoms with E-state index in [1.54, 1.807) is 12.1 Å². The molecule has 0 saturated carbocycles. The summed E-state index contributed by atoms with van der Waals surface area (Å²) >= 11 is 3.13. The lowest BCUT2D eigenvalue weighted by atomic mass is 10.1. The van der Waals surface area contributed by atoms with Crippen LogP contribution in [0.1, 0.15) is 17.2 Å². The van der Waals surface area contributed by atoms with Crippen molar-refractivity contribution in [3.8, 4) is 0 Å². The van der Waals surface area contributed by atoms with Gasteiger partial charge in [-0.2, -0.15) is 0 Å². The van der Waals surface area contributed by atoms with E-state index < -0.39 is 12.0 Å². The molecule has 0 amide bonds. The van der Waals surface area contributed by atoms with Crippen molar-refractivity contribution < 1.29 is 13.9 Å². The molecule has 0 bridgehead atoms. The summed E-state index contributed by atoms with van der Waals surface area (Å²) in [5.41, 5.74) is 2.49. The summed E-state index contributed by atoms with van der Waals surface area (Å²) < 4.78 is 18.5. The maximum Gasteiger partial charge on any atom is 0.332 e. The van der Waals surface area contributed by atoms with Crippen LogP contribution in [0.3, 0.4) is 0 Å². The molecule has 0 aromatic heterocycles. The molecule has 0 heterocycles. The number of benzene rings is 2. The predicted octanol–water partition coefficient (Wildman–Crippen LogP) is 4.22. The van der Waals surface area contributed by atoms with E-state index in [9.17, 15) is 9.18 Å². The first-order chi connectivity index (χ1) is 10.0. The largest absolute Gasteiger partial charge is 0.467 e. The molecule has 0 aliphatic heterocycles. The van der Waals surface area contributed by atoms with Crippen LogP contribution in [-0.4, -0.2) is 13.1 Å². The smallest absolute Gasteiger partial charge is 0.332 e. The Morgan fingerprint density at radius 2 is 2.05 bits per heavy atom. The number of ether oxygens (including phenoxy) is 1. The van der Waals surface area contributed by atoms with Gasteiger partial charge >= 0.3 is 5.97 Å². The maximum absolute atomic E-state index is 13.3. The molecule has 0 spiro atoms. The summed E-state index contributed by atoms with van der Waals surface area (Å²) in [6, 6.07) is 11.4. The van der Waals surface area contributed by atoms with E-state index in [2.05, 4.69) is 21.2 Å². The van der Waals surface area contributed by atoms with Crippen LogP contribution < -0.4 is 5.32 Å². The van der Waals surface area contributed by atoms with Gasteiger partial charge in [0.25, 0.3) is 0 Å². The number of rotatable bonds is 4. The van der Waals surface area contributed by atoms with Crippen LogP contribution in [-0.2, 0) is 9.53 Å². The predicted molar refractivity (Wildman–Crippen MR) is 83.7 cm³/mol. The molecule has 2 rings (SSSR count). The SMILES string of the molecule is COC(=O)C(Nc1cccc(C)c1)c1ccc(F)c(Br)c1. The van der Waals surface area contributed by atoms with Gasteiger partial charge in [-0.25, -0.2) is 9.18 Å². The Hall–Kier alpha value is -1.88. The van der Waals surface area contributed by atoms with Gasteiger partial charge in [0.05, 0.1) is 11.6 Å². The van der Waals surface area contributed by atoms with E-state index in [1.165, 1.54) is 13.2 Å². The van der Waals surface area contributed by atoms with Gasteiger partial charge in [-0.15, -0.1) is 0 Å². The number of esters is 1. The fraction of sp³-hybridized carbons (Fsp3) is 0.188. The first-order valence-electron chi connectivity index (χ1n) is 6.37. The number of anilines is 1. The van der Waals surface area contributed by atoms with Gasteiger partial charge in [0.15, 0.2) is 6.04 Å². The average Bonchev–Trinajstić information content (AvgIpc) is 2.47. The van der Waals surface area contributed by atoms with Crippen molar-refractivity contribution in [2.45, 2.75) is 13.0 Å². The Morgan fingerprint density at radius 3 is 2.67 bits per heavy atom. The van der Waals surface area contributed by atoms with Crippen molar-refractivity contribution in [2.75, 3.05) is 12.4 Å². The molecule has 1 N–H and O–H groups in total. The Kier molecular flexibility index (Phi) is 4.96. The first kappa shape index (κ1) is 15.5. The van der Waals surface area contributed by atoms with Gasteiger partial charge in [0.1, 0.15) is 5.82 Å². The molecule has 21 heavy (non-hydrogen) atoms. The van der Waals surface area contributed by atoms with E-state index in [0.717, 1.165) is 11.3 Å². The van der Waals surface area contributed by atoms with Crippen LogP contribution in [0, 0.1) is 12.7 Å². The number of carbonyl (C=O) groups is 1. The lowest BCUT2D eigenvalue weighted by Gasteiger charge is -2.18. The molecule has 5 heteroatoms. The number of carbonyl (C=O) groups excluding carboxylic acids is 1. The van der Waals surface area contributed by atoms with Crippen molar-refractivity contribution in [2.24, 2.45) is 0 Å². The summed E-state index contributed by atoms with van der Waals surface area (Å²) in [5.74, 6) is -0.812. The molecule has 1 unspecified atom stereocenters. The molecule has 0 radical (unpaired) electrons. The Morgan fingerprint density at radius 1 is 1.29 bits per heavy atom. The zero-order chi connectivity index (χ0) is 15.4. The summed E-state index contributed by atoms with van der Waals surface area (Å²) in [7, 11) is 1.33. The second-order valence-corrected chi connectivity index (χ2v) is 5.50. The Balaban J connectivity index is 2.34. The van der Waals surface area contributed by atoms with E-state index in [0.29, 0.717) is 10.0 Å². The number of hydrogen-bond donors (Lipinski definition) is 1. The zero-order valence-corrected chi connectivity index (χ0v) is 13.3. The summed E-state index contributed by atoms with van der Waals surface area (Å²) in [5, 5.41) is 3.12. The number of hydrogen-bond acceptors (Lipinski definition) is 3. The van der Waals surface area contributed by atoms with Gasteiger partial charge in [-0.1, -0.05) is 18.2 Å². The summed E-state index contributed by atoms with van der Waals surface area (Å²) in [6.07, 6.45) is 0. The lowest BCUT2D eigenvalue weighted by molar-refractivity contribution is -0.141. The number of methoxy groups -OCH3 is 1. The molecule has 2 aromatic carbocycles. The topological polar surface area (TPSA) is 38.3 Å². The molecular formula is C16H15BrFNO2. The van der Waals surface area contributed by atoms with Gasteiger partial charge < -0.3 is 10.1 Å². The average molecular weight is 352 g/mol. The second-order valence-electron chi connectivity index (χ2n) is 4.64. The number of aryl methyl sites for hydroxylation is 1. The monoisotopic (exact) mass is 351 g/mol. The van der Waals surface area contributed by atoms with Crippen LogP contribution in [0.15, 0.2) is 46.9 Å². The van der Waals surface area contributed by atoms with Crippen LogP contribution in [0.4, 0.5) is 10.1 Å². The zero-order valence-electron chi connectivity index (χ0n) is 11.7. The third kappa shape index (κ3) is 3.82. The molecule has 0 aliphatic carbocycles. The standard InChI is InChI=1S/C16H15BrFNO2/c1-10-4-3-5-12(8-10)19-15(16(20)21-2)11-6-7-14(18)13(17)9-11/h3-9,15,19H,1-2H3. The molecule has 0 saturated heterocycles. The fourth-order valence-electron chi connectivity index (χ4n) is 1.99. The quantitative estimate of drug-likeness (QED) is 0.838. The van der Waals surface area contributed by atoms with Gasteiger partial charge in [0.2, 0.25) is 0 Å². The third-order valence-electron chi connectivity index (χ3n) is 3.04. The highest BCUT2D eigenvalue weighted by Gasteiger charge is 2.22. The molecule has 0 aliphatic rings. The van der Waals surface area contributed by atoms with Crippen LogP contribution in [0.25, 0.3) is 0 Å². The Labute approximate surface area is 131 Å². The Bertz CT molecular complexity index is 660. The normalized spacial score (nSPS) is 11.8. The fourth-order valence-corrected chi connectivity index (χ4v) is 2.39. The molecular weight excluding hydrogens is 337 g/mol. The van der Waals surface area contributed by atoms with Gasteiger partial charge in [-0.05, 0) is 58.2 Å². The maximum atomic E-state index is 13.3. The molecule has 110 valence electrons. The highest BCUT2D eigenvalue weighted by Crippen LogP contribution is 2.25. The number of halogens is 2. The number of nitrogens with one attached hydrogen (secondary N) is 1. The van der Waals surface area contributed by atoms with Crippen molar-refractivity contribution in [1.82, 2.24) is 0 Å². The second kappa shape index (κ2) is 6.72. The third-order valence-corrected chi connectivity index (χ3v) is 3.65. The summed E-state index contributed by atoms with van der Waals surface area (Å²) in [4.78, 5) is 12.0. The van der Waals surface area contributed by atoms with Gasteiger partial charge in [-0.3, -0.25) is 0 Å². The van der Waals surface area contributed by atoms with Crippen molar-refractivity contribution in [3.05, 3.63) is 63.9 Å². The van der Waals surface area contributed by atoms with Crippen molar-refractivity contribution in [1.29, 1.82) is 0 Å². The molecule has 0 fully saturated rings. The van der Waals surface area contributed by atoms with Crippen molar-refractivity contribution >= 4 is 27.6 Å². The van der Waals surface area contributed by atoms with E-state index in [4.69, 9.17) is 4.74 Å². The first-order valence-corrected chi connectivity index (χ1v) is 7.16. The molecule has 2 aromatic rings. The van der Waals surface area contributed by atoms with Crippen LogP contribution in [0.2, 0.25) is 0 Å². The van der Waals surface area contributed by atoms with Crippen LogP contribution in [0.5, 0.6) is 0 Å². The minimum atomic E-state index is -0.700. The summed E-state index contributed by atoms with van der Waals surface area (Å²) in [6.45, 7) is 1.97. The minimum absolute atomic E-state index is 0.306. The van der Waals surface area contributed by atoms with E-state index in [1.807, 2.05) is 31.2 Å². The highest BCUT2D eigenvalue weighted by atomic mass is 79.9. The highest BCUT2D eigenvalue weighted by molar-refractivity contribution is 9.10. The van der Waals surface area contributed by atoms with Crippen LogP contribution >= 0.6 is 15.9 Å². The van der Waals surface area contributed by atoms with Gasteiger partial charge in [0, 0.05) is 5.69 Å². The van der Waals surface area contributed by atoms with E-state index in [-0.39, 0.29) is 5.82 Å². The lowest BCUT2D eigenvalue weighted by Crippen LogP contribution is -2.22. The van der Waals surface area contributed by atoms with E-state index >= 15 is 0 Å². The van der Waals surface area contributed by atoms with Crippen molar-refractivity contribution in [3.63, 3.8) is 0 Å². The molecule has 3 nitrogen and oxygen atoms in total. The molecule has 1 atom stereocenters. The minimum Gasteiger partial charge on any atom is -0.467 e.